The zero-order chi connectivity index (χ0) is 18.0. The molecule has 1 N–H and O–H groups in total. The van der Waals surface area contributed by atoms with Crippen LogP contribution in [0.3, 0.4) is 0 Å². The molecule has 0 bridgehead atoms. The first-order valence-corrected chi connectivity index (χ1v) is 9.87. The Bertz CT molecular complexity index is 893. The molecular weight excluding hydrogens is 336 g/mol. The fourth-order valence-corrected chi connectivity index (χ4v) is 4.87. The fourth-order valence-electron chi connectivity index (χ4n) is 3.20. The summed E-state index contributed by atoms with van der Waals surface area (Å²) in [5.41, 5.74) is 3.44. The zero-order valence-electron chi connectivity index (χ0n) is 14.4. The second-order valence-corrected chi connectivity index (χ2v) is 8.39. The van der Waals surface area contributed by atoms with E-state index in [1.807, 2.05) is 50.2 Å². The lowest BCUT2D eigenvalue weighted by Gasteiger charge is -2.34. The van der Waals surface area contributed by atoms with Gasteiger partial charge in [-0.2, -0.15) is 4.31 Å². The largest absolute Gasteiger partial charge is 0.353 e. The first kappa shape index (κ1) is 17.6. The lowest BCUT2D eigenvalue weighted by Crippen LogP contribution is -2.52. The fraction of sp³-hybridized carbons (Fsp3) is 0.316. The van der Waals surface area contributed by atoms with Gasteiger partial charge in [-0.25, -0.2) is 8.42 Å². The SMILES string of the molecule is Cc1cccc(CS(=O)(=O)N2CCNC(=O)C2c2cccc(C)c2)c1. The van der Waals surface area contributed by atoms with Crippen molar-refractivity contribution in [2.75, 3.05) is 13.1 Å². The van der Waals surface area contributed by atoms with E-state index in [4.69, 9.17) is 0 Å². The molecule has 1 unspecified atom stereocenters. The number of nitrogens with one attached hydrogen (secondary N) is 1. The monoisotopic (exact) mass is 358 g/mol. The molecule has 1 amide bonds. The van der Waals surface area contributed by atoms with E-state index in [1.54, 1.807) is 12.1 Å². The van der Waals surface area contributed by atoms with Gasteiger partial charge >= 0.3 is 0 Å². The quantitative estimate of drug-likeness (QED) is 0.912. The van der Waals surface area contributed by atoms with E-state index >= 15 is 0 Å². The zero-order valence-corrected chi connectivity index (χ0v) is 15.2. The van der Waals surface area contributed by atoms with Gasteiger partial charge in [0.2, 0.25) is 15.9 Å². The maximum Gasteiger partial charge on any atom is 0.243 e. The van der Waals surface area contributed by atoms with E-state index in [0.29, 0.717) is 12.1 Å². The van der Waals surface area contributed by atoms with Crippen LogP contribution < -0.4 is 5.32 Å². The molecule has 1 aliphatic heterocycles. The number of amides is 1. The highest BCUT2D eigenvalue weighted by molar-refractivity contribution is 7.88. The average Bonchev–Trinajstić information content (AvgIpc) is 2.54. The summed E-state index contributed by atoms with van der Waals surface area (Å²) in [6.45, 7) is 4.46. The molecule has 5 nitrogen and oxygen atoms in total. The predicted molar refractivity (Wildman–Crippen MR) is 97.4 cm³/mol. The summed E-state index contributed by atoms with van der Waals surface area (Å²) in [6, 6.07) is 14.1. The van der Waals surface area contributed by atoms with Gasteiger partial charge in [0.25, 0.3) is 0 Å². The molecule has 3 rings (SSSR count). The van der Waals surface area contributed by atoms with Crippen LogP contribution in [0.4, 0.5) is 0 Å². The third-order valence-electron chi connectivity index (χ3n) is 4.31. The van der Waals surface area contributed by atoms with Crippen molar-refractivity contribution in [1.29, 1.82) is 0 Å². The molecule has 132 valence electrons. The summed E-state index contributed by atoms with van der Waals surface area (Å²) in [7, 11) is -3.62. The normalized spacial score (nSPS) is 18.8. The number of carbonyl (C=O) groups excluding carboxylic acids is 1. The number of piperazine rings is 1. The van der Waals surface area contributed by atoms with Crippen LogP contribution in [0, 0.1) is 13.8 Å². The molecule has 0 aromatic heterocycles. The van der Waals surface area contributed by atoms with Gasteiger partial charge in [0.05, 0.1) is 5.75 Å². The highest BCUT2D eigenvalue weighted by Gasteiger charge is 2.38. The Morgan fingerprint density at radius 1 is 1.08 bits per heavy atom. The predicted octanol–water partition coefficient (Wildman–Crippen LogP) is 2.31. The number of sulfonamides is 1. The molecule has 1 heterocycles. The molecule has 1 saturated heterocycles. The van der Waals surface area contributed by atoms with Crippen molar-refractivity contribution in [2.45, 2.75) is 25.6 Å². The Morgan fingerprint density at radius 2 is 1.76 bits per heavy atom. The van der Waals surface area contributed by atoms with E-state index in [-0.39, 0.29) is 18.2 Å². The minimum atomic E-state index is -3.62. The maximum atomic E-state index is 13.0. The summed E-state index contributed by atoms with van der Waals surface area (Å²) < 4.78 is 27.4. The maximum absolute atomic E-state index is 13.0. The van der Waals surface area contributed by atoms with Crippen LogP contribution in [0.1, 0.15) is 28.3 Å². The molecule has 6 heteroatoms. The van der Waals surface area contributed by atoms with Crippen LogP contribution in [0.5, 0.6) is 0 Å². The summed E-state index contributed by atoms with van der Waals surface area (Å²) in [4.78, 5) is 12.5. The smallest absolute Gasteiger partial charge is 0.243 e. The Labute approximate surface area is 148 Å². The molecule has 1 fully saturated rings. The number of aryl methyl sites for hydroxylation is 2. The van der Waals surface area contributed by atoms with Crippen molar-refractivity contribution in [3.8, 4) is 0 Å². The second-order valence-electron chi connectivity index (χ2n) is 6.46. The number of hydrogen-bond donors (Lipinski definition) is 1. The highest BCUT2D eigenvalue weighted by atomic mass is 32.2. The van der Waals surface area contributed by atoms with E-state index in [9.17, 15) is 13.2 Å². The molecule has 0 saturated carbocycles. The van der Waals surface area contributed by atoms with Gasteiger partial charge in [0.1, 0.15) is 6.04 Å². The van der Waals surface area contributed by atoms with Crippen molar-refractivity contribution < 1.29 is 13.2 Å². The molecule has 0 aliphatic carbocycles. The van der Waals surface area contributed by atoms with Gasteiger partial charge in [0.15, 0.2) is 0 Å². The van der Waals surface area contributed by atoms with Crippen LogP contribution in [0.25, 0.3) is 0 Å². The van der Waals surface area contributed by atoms with Crippen LogP contribution in [0.15, 0.2) is 48.5 Å². The molecule has 2 aromatic carbocycles. The van der Waals surface area contributed by atoms with Crippen molar-refractivity contribution in [3.05, 3.63) is 70.8 Å². The number of hydrogen-bond acceptors (Lipinski definition) is 3. The molecule has 1 aliphatic rings. The van der Waals surface area contributed by atoms with Crippen LogP contribution in [-0.4, -0.2) is 31.7 Å². The molecular formula is C19H22N2O3S. The first-order valence-electron chi connectivity index (χ1n) is 8.26. The van der Waals surface area contributed by atoms with E-state index in [1.165, 1.54) is 4.31 Å². The van der Waals surface area contributed by atoms with E-state index in [2.05, 4.69) is 5.32 Å². The Balaban J connectivity index is 1.95. The van der Waals surface area contributed by atoms with Crippen molar-refractivity contribution >= 4 is 15.9 Å². The van der Waals surface area contributed by atoms with Crippen LogP contribution >= 0.6 is 0 Å². The molecule has 0 spiro atoms. The van der Waals surface area contributed by atoms with Crippen molar-refractivity contribution in [2.24, 2.45) is 0 Å². The molecule has 1 atom stereocenters. The Kier molecular flexibility index (Phi) is 4.92. The van der Waals surface area contributed by atoms with Crippen molar-refractivity contribution in [1.82, 2.24) is 9.62 Å². The number of carbonyl (C=O) groups is 1. The van der Waals surface area contributed by atoms with Crippen molar-refractivity contribution in [3.63, 3.8) is 0 Å². The van der Waals surface area contributed by atoms with Crippen LogP contribution in [0.2, 0.25) is 0 Å². The van der Waals surface area contributed by atoms with Crippen LogP contribution in [-0.2, 0) is 20.6 Å². The lowest BCUT2D eigenvalue weighted by atomic mass is 10.0. The number of benzene rings is 2. The summed E-state index contributed by atoms with van der Waals surface area (Å²) in [6.07, 6.45) is 0. The van der Waals surface area contributed by atoms with Gasteiger partial charge < -0.3 is 5.32 Å². The minimum absolute atomic E-state index is 0.107. The highest BCUT2D eigenvalue weighted by Crippen LogP contribution is 2.28. The summed E-state index contributed by atoms with van der Waals surface area (Å²) >= 11 is 0. The summed E-state index contributed by atoms with van der Waals surface area (Å²) in [5.74, 6) is -0.380. The third-order valence-corrected chi connectivity index (χ3v) is 6.12. The standard InChI is InChI=1S/C19H22N2O3S/c1-14-5-3-7-16(11-14)13-25(23,24)21-10-9-20-19(22)18(21)17-8-4-6-15(2)12-17/h3-8,11-12,18H,9-10,13H2,1-2H3,(H,20,22). The topological polar surface area (TPSA) is 66.5 Å². The first-order chi connectivity index (χ1) is 11.9. The van der Waals surface area contributed by atoms with E-state index in [0.717, 1.165) is 16.7 Å². The average molecular weight is 358 g/mol. The molecule has 2 aromatic rings. The van der Waals surface area contributed by atoms with Gasteiger partial charge in [-0.1, -0.05) is 59.7 Å². The molecule has 25 heavy (non-hydrogen) atoms. The molecule has 0 radical (unpaired) electrons. The van der Waals surface area contributed by atoms with Gasteiger partial charge in [-0.05, 0) is 25.0 Å². The minimum Gasteiger partial charge on any atom is -0.353 e. The number of rotatable bonds is 4. The van der Waals surface area contributed by atoms with Gasteiger partial charge in [0, 0.05) is 13.1 Å². The van der Waals surface area contributed by atoms with Gasteiger partial charge in [-0.15, -0.1) is 0 Å². The lowest BCUT2D eigenvalue weighted by molar-refractivity contribution is -0.126. The summed E-state index contributed by atoms with van der Waals surface area (Å²) in [5, 5.41) is 2.78. The third kappa shape index (κ3) is 3.91. The Morgan fingerprint density at radius 3 is 2.44 bits per heavy atom. The Hall–Kier alpha value is -2.18. The van der Waals surface area contributed by atoms with Gasteiger partial charge in [-0.3, -0.25) is 4.79 Å². The second kappa shape index (κ2) is 6.98. The van der Waals surface area contributed by atoms with E-state index < -0.39 is 16.1 Å². The number of nitrogens with zero attached hydrogens (tertiary/aromatic N) is 1.